The van der Waals surface area contributed by atoms with Crippen LogP contribution in [0.1, 0.15) is 20.3 Å². The SMILES string of the molecule is COCCCS(=O)(=O)NCC(C)(C)CBr. The van der Waals surface area contributed by atoms with Crippen molar-refractivity contribution in [3.05, 3.63) is 0 Å². The molecule has 0 aliphatic rings. The van der Waals surface area contributed by atoms with E-state index >= 15 is 0 Å². The van der Waals surface area contributed by atoms with Crippen LogP contribution >= 0.6 is 15.9 Å². The fraction of sp³-hybridized carbons (Fsp3) is 1.00. The Kier molecular flexibility index (Phi) is 6.99. The molecule has 4 nitrogen and oxygen atoms in total. The first kappa shape index (κ1) is 15.3. The molecule has 0 aromatic rings. The summed E-state index contributed by atoms with van der Waals surface area (Å²) in [5, 5.41) is 0.764. The Morgan fingerprint density at radius 3 is 2.47 bits per heavy atom. The molecule has 6 heteroatoms. The zero-order valence-electron chi connectivity index (χ0n) is 9.55. The van der Waals surface area contributed by atoms with Gasteiger partial charge in [0.15, 0.2) is 0 Å². The Bertz CT molecular complexity index is 265. The Balaban J connectivity index is 3.94. The van der Waals surface area contributed by atoms with E-state index in [4.69, 9.17) is 4.74 Å². The van der Waals surface area contributed by atoms with Crippen LogP contribution in [-0.4, -0.2) is 39.8 Å². The summed E-state index contributed by atoms with van der Waals surface area (Å²) in [6, 6.07) is 0. The highest BCUT2D eigenvalue weighted by Gasteiger charge is 2.19. The van der Waals surface area contributed by atoms with E-state index in [0.717, 1.165) is 5.33 Å². The summed E-state index contributed by atoms with van der Waals surface area (Å²) in [5.74, 6) is 0.124. The zero-order chi connectivity index (χ0) is 11.9. The predicted octanol–water partition coefficient (Wildman–Crippen LogP) is 1.36. The highest BCUT2D eigenvalue weighted by Crippen LogP contribution is 2.16. The molecule has 0 unspecified atom stereocenters. The monoisotopic (exact) mass is 301 g/mol. The topological polar surface area (TPSA) is 55.4 Å². The van der Waals surface area contributed by atoms with E-state index in [9.17, 15) is 8.42 Å². The summed E-state index contributed by atoms with van der Waals surface area (Å²) in [4.78, 5) is 0. The van der Waals surface area contributed by atoms with Gasteiger partial charge < -0.3 is 4.74 Å². The third kappa shape index (κ3) is 8.19. The van der Waals surface area contributed by atoms with Gasteiger partial charge >= 0.3 is 0 Å². The van der Waals surface area contributed by atoms with E-state index in [0.29, 0.717) is 19.6 Å². The van der Waals surface area contributed by atoms with Crippen molar-refractivity contribution in [3.8, 4) is 0 Å². The third-order valence-corrected chi connectivity index (χ3v) is 4.82. The van der Waals surface area contributed by atoms with Gasteiger partial charge in [-0.15, -0.1) is 0 Å². The van der Waals surface area contributed by atoms with E-state index < -0.39 is 10.0 Å². The van der Waals surface area contributed by atoms with Crippen LogP contribution in [-0.2, 0) is 14.8 Å². The molecule has 1 N–H and O–H groups in total. The van der Waals surface area contributed by atoms with Crippen LogP contribution in [0.5, 0.6) is 0 Å². The van der Waals surface area contributed by atoms with E-state index in [1.165, 1.54) is 0 Å². The summed E-state index contributed by atoms with van der Waals surface area (Å²) in [6.45, 7) is 4.93. The van der Waals surface area contributed by atoms with Crippen molar-refractivity contribution in [1.82, 2.24) is 4.72 Å². The molecule has 92 valence electrons. The molecular weight excluding hydrogens is 282 g/mol. The van der Waals surface area contributed by atoms with Crippen molar-refractivity contribution >= 4 is 26.0 Å². The minimum Gasteiger partial charge on any atom is -0.385 e. The Labute approximate surface area is 101 Å². The summed E-state index contributed by atoms with van der Waals surface area (Å²) >= 11 is 3.35. The van der Waals surface area contributed by atoms with Gasteiger partial charge in [-0.1, -0.05) is 29.8 Å². The van der Waals surface area contributed by atoms with Crippen LogP contribution in [0.2, 0.25) is 0 Å². The molecule has 0 saturated heterocycles. The second-order valence-corrected chi connectivity index (χ2v) is 6.77. The number of sulfonamides is 1. The smallest absolute Gasteiger partial charge is 0.211 e. The average molecular weight is 302 g/mol. The lowest BCUT2D eigenvalue weighted by Gasteiger charge is -2.21. The molecule has 0 saturated carbocycles. The molecular formula is C9H20BrNO3S. The van der Waals surface area contributed by atoms with E-state index in [2.05, 4.69) is 20.7 Å². The quantitative estimate of drug-likeness (QED) is 0.544. The van der Waals surface area contributed by atoms with Crippen molar-refractivity contribution in [1.29, 1.82) is 0 Å². The third-order valence-electron chi connectivity index (χ3n) is 1.89. The molecule has 0 bridgehead atoms. The lowest BCUT2D eigenvalue weighted by molar-refractivity contribution is 0.199. The number of hydrogen-bond donors (Lipinski definition) is 1. The first-order valence-electron chi connectivity index (χ1n) is 4.85. The second-order valence-electron chi connectivity index (χ2n) is 4.28. The average Bonchev–Trinajstić information content (AvgIpc) is 2.16. The lowest BCUT2D eigenvalue weighted by Crippen LogP contribution is -2.36. The number of methoxy groups -OCH3 is 1. The van der Waals surface area contributed by atoms with Gasteiger partial charge in [-0.3, -0.25) is 0 Å². The van der Waals surface area contributed by atoms with Crippen LogP contribution in [0.3, 0.4) is 0 Å². The first-order valence-corrected chi connectivity index (χ1v) is 7.62. The summed E-state index contributed by atoms with van der Waals surface area (Å²) in [7, 11) is -1.58. The summed E-state index contributed by atoms with van der Waals surface area (Å²) in [5.41, 5.74) is -0.0612. The van der Waals surface area contributed by atoms with Crippen LogP contribution in [0.4, 0.5) is 0 Å². The molecule has 0 atom stereocenters. The van der Waals surface area contributed by atoms with Crippen molar-refractivity contribution in [2.75, 3.05) is 31.3 Å². The fourth-order valence-electron chi connectivity index (χ4n) is 0.818. The number of ether oxygens (including phenoxy) is 1. The number of alkyl halides is 1. The van der Waals surface area contributed by atoms with Crippen molar-refractivity contribution in [2.45, 2.75) is 20.3 Å². The molecule has 0 rings (SSSR count). The molecule has 0 heterocycles. The number of nitrogens with one attached hydrogen (secondary N) is 1. The zero-order valence-corrected chi connectivity index (χ0v) is 11.9. The Morgan fingerprint density at radius 1 is 1.40 bits per heavy atom. The van der Waals surface area contributed by atoms with Gasteiger partial charge in [0.25, 0.3) is 0 Å². The van der Waals surface area contributed by atoms with Crippen molar-refractivity contribution in [3.63, 3.8) is 0 Å². The highest BCUT2D eigenvalue weighted by molar-refractivity contribution is 9.09. The van der Waals surface area contributed by atoms with Crippen LogP contribution in [0, 0.1) is 5.41 Å². The summed E-state index contributed by atoms with van der Waals surface area (Å²) in [6.07, 6.45) is 0.528. The number of rotatable bonds is 8. The van der Waals surface area contributed by atoms with Gasteiger partial charge in [0, 0.05) is 25.6 Å². The standard InChI is InChI=1S/C9H20BrNO3S/c1-9(2,7-10)8-11-15(12,13)6-4-5-14-3/h11H,4-8H2,1-3H3. The van der Waals surface area contributed by atoms with Gasteiger partial charge in [0.05, 0.1) is 5.75 Å². The van der Waals surface area contributed by atoms with E-state index in [1.807, 2.05) is 13.8 Å². The Morgan fingerprint density at radius 2 is 2.00 bits per heavy atom. The largest absolute Gasteiger partial charge is 0.385 e. The predicted molar refractivity (Wildman–Crippen MR) is 65.9 cm³/mol. The molecule has 0 spiro atoms. The van der Waals surface area contributed by atoms with Crippen LogP contribution in [0.25, 0.3) is 0 Å². The Hall–Kier alpha value is 0.350. The summed E-state index contributed by atoms with van der Waals surface area (Å²) < 4.78 is 30.4. The maximum absolute atomic E-state index is 11.5. The molecule has 0 aromatic carbocycles. The van der Waals surface area contributed by atoms with E-state index in [-0.39, 0.29) is 11.2 Å². The van der Waals surface area contributed by atoms with Gasteiger partial charge in [-0.2, -0.15) is 0 Å². The van der Waals surface area contributed by atoms with Gasteiger partial charge in [0.1, 0.15) is 0 Å². The van der Waals surface area contributed by atoms with Gasteiger partial charge in [-0.25, -0.2) is 13.1 Å². The number of hydrogen-bond acceptors (Lipinski definition) is 3. The number of halogens is 1. The minimum absolute atomic E-state index is 0.0612. The highest BCUT2D eigenvalue weighted by atomic mass is 79.9. The molecule has 0 fully saturated rings. The minimum atomic E-state index is -3.15. The molecule has 0 aliphatic heterocycles. The van der Waals surface area contributed by atoms with E-state index in [1.54, 1.807) is 7.11 Å². The normalized spacial score (nSPS) is 13.1. The fourth-order valence-corrected chi connectivity index (χ4v) is 2.27. The molecule has 0 aromatic heterocycles. The molecule has 0 aliphatic carbocycles. The molecule has 15 heavy (non-hydrogen) atoms. The van der Waals surface area contributed by atoms with Crippen LogP contribution in [0.15, 0.2) is 0 Å². The lowest BCUT2D eigenvalue weighted by atomic mass is 9.98. The van der Waals surface area contributed by atoms with Crippen LogP contribution < -0.4 is 4.72 Å². The van der Waals surface area contributed by atoms with Crippen molar-refractivity contribution in [2.24, 2.45) is 5.41 Å². The first-order chi connectivity index (χ1) is 6.83. The van der Waals surface area contributed by atoms with Crippen molar-refractivity contribution < 1.29 is 13.2 Å². The molecule has 0 radical (unpaired) electrons. The van der Waals surface area contributed by atoms with Gasteiger partial charge in [-0.05, 0) is 11.8 Å². The molecule has 0 amide bonds. The second kappa shape index (κ2) is 6.83. The maximum Gasteiger partial charge on any atom is 0.211 e. The maximum atomic E-state index is 11.5. The van der Waals surface area contributed by atoms with Gasteiger partial charge in [0.2, 0.25) is 10.0 Å².